The molecule has 1 aliphatic rings. The normalized spacial score (nSPS) is 13.5. The molecule has 1 heterocycles. The Balaban J connectivity index is 1.54. The molecule has 2 N–H and O–H groups in total. The van der Waals surface area contributed by atoms with Gasteiger partial charge in [0.25, 0.3) is 5.69 Å². The predicted molar refractivity (Wildman–Crippen MR) is 103 cm³/mol. The van der Waals surface area contributed by atoms with Gasteiger partial charge in [-0.15, -0.1) is 0 Å². The van der Waals surface area contributed by atoms with Crippen LogP contribution in [0.5, 0.6) is 0 Å². The molecule has 3 rings (SSSR count). The van der Waals surface area contributed by atoms with E-state index in [2.05, 4.69) is 10.6 Å². The summed E-state index contributed by atoms with van der Waals surface area (Å²) < 4.78 is 0. The van der Waals surface area contributed by atoms with E-state index < -0.39 is 4.92 Å². The van der Waals surface area contributed by atoms with Gasteiger partial charge in [0.1, 0.15) is 5.69 Å². The number of anilines is 3. The maximum atomic E-state index is 12.2. The van der Waals surface area contributed by atoms with Crippen molar-refractivity contribution in [2.75, 3.05) is 28.6 Å². The van der Waals surface area contributed by atoms with E-state index in [1.165, 1.54) is 6.07 Å². The number of para-hydroxylation sites is 2. The van der Waals surface area contributed by atoms with Gasteiger partial charge in [-0.2, -0.15) is 0 Å². The average molecular weight is 368 g/mol. The SMILES string of the molecule is O=C(CCNc1ccccc1[N+](=O)[O-])Nc1cccc(N2CCCC2=O)c1. The highest BCUT2D eigenvalue weighted by atomic mass is 16.6. The van der Waals surface area contributed by atoms with E-state index in [1.807, 2.05) is 6.07 Å². The summed E-state index contributed by atoms with van der Waals surface area (Å²) >= 11 is 0. The van der Waals surface area contributed by atoms with Gasteiger partial charge in [-0.05, 0) is 30.7 Å². The topological polar surface area (TPSA) is 105 Å². The Morgan fingerprint density at radius 2 is 2.00 bits per heavy atom. The van der Waals surface area contributed by atoms with Crippen molar-refractivity contribution in [2.24, 2.45) is 0 Å². The second-order valence-corrected chi connectivity index (χ2v) is 6.20. The summed E-state index contributed by atoms with van der Waals surface area (Å²) in [5.74, 6) is -0.127. The molecule has 0 saturated carbocycles. The van der Waals surface area contributed by atoms with Gasteiger partial charge in [0.05, 0.1) is 4.92 Å². The van der Waals surface area contributed by atoms with E-state index >= 15 is 0 Å². The molecule has 27 heavy (non-hydrogen) atoms. The standard InChI is InChI=1S/C19H20N4O4/c24-18(10-11-20-16-7-1-2-8-17(16)23(26)27)21-14-5-3-6-15(13-14)22-12-4-9-19(22)25/h1-3,5-8,13,20H,4,9-12H2,(H,21,24). The minimum Gasteiger partial charge on any atom is -0.379 e. The van der Waals surface area contributed by atoms with E-state index in [0.29, 0.717) is 24.3 Å². The quantitative estimate of drug-likeness (QED) is 0.577. The Morgan fingerprint density at radius 1 is 1.19 bits per heavy atom. The van der Waals surface area contributed by atoms with Gasteiger partial charge in [-0.1, -0.05) is 18.2 Å². The van der Waals surface area contributed by atoms with Crippen molar-refractivity contribution in [1.82, 2.24) is 0 Å². The number of nitro benzene ring substituents is 1. The van der Waals surface area contributed by atoms with Gasteiger partial charge in [0.15, 0.2) is 0 Å². The largest absolute Gasteiger partial charge is 0.379 e. The van der Waals surface area contributed by atoms with Crippen LogP contribution in [0.1, 0.15) is 19.3 Å². The molecule has 1 aliphatic heterocycles. The van der Waals surface area contributed by atoms with Crippen LogP contribution in [-0.2, 0) is 9.59 Å². The zero-order chi connectivity index (χ0) is 19.2. The lowest BCUT2D eigenvalue weighted by atomic mass is 10.2. The van der Waals surface area contributed by atoms with Gasteiger partial charge in [-0.25, -0.2) is 0 Å². The summed E-state index contributed by atoms with van der Waals surface area (Å²) in [6.07, 6.45) is 1.54. The van der Waals surface area contributed by atoms with Crippen LogP contribution < -0.4 is 15.5 Å². The number of benzene rings is 2. The molecule has 8 heteroatoms. The smallest absolute Gasteiger partial charge is 0.292 e. The minimum atomic E-state index is -0.465. The number of carbonyl (C=O) groups excluding carboxylic acids is 2. The molecule has 0 bridgehead atoms. The van der Waals surface area contributed by atoms with Crippen LogP contribution in [0.15, 0.2) is 48.5 Å². The van der Waals surface area contributed by atoms with Crippen molar-refractivity contribution < 1.29 is 14.5 Å². The number of rotatable bonds is 7. The third-order valence-corrected chi connectivity index (χ3v) is 4.28. The summed E-state index contributed by atoms with van der Waals surface area (Å²) in [6, 6.07) is 13.5. The highest BCUT2D eigenvalue weighted by molar-refractivity contribution is 5.97. The highest BCUT2D eigenvalue weighted by Crippen LogP contribution is 2.25. The predicted octanol–water partition coefficient (Wildman–Crippen LogP) is 3.16. The second kappa shape index (κ2) is 8.31. The fraction of sp³-hybridized carbons (Fsp3) is 0.263. The fourth-order valence-corrected chi connectivity index (χ4v) is 2.99. The van der Waals surface area contributed by atoms with Crippen molar-refractivity contribution in [3.05, 3.63) is 58.6 Å². The molecule has 0 aromatic heterocycles. The van der Waals surface area contributed by atoms with Gasteiger partial charge in [0.2, 0.25) is 11.8 Å². The minimum absolute atomic E-state index is 0.0270. The molecule has 1 fully saturated rings. The van der Waals surface area contributed by atoms with Crippen molar-refractivity contribution in [3.63, 3.8) is 0 Å². The lowest BCUT2D eigenvalue weighted by Gasteiger charge is -2.16. The van der Waals surface area contributed by atoms with E-state index in [-0.39, 0.29) is 30.5 Å². The summed E-state index contributed by atoms with van der Waals surface area (Å²) in [4.78, 5) is 36.2. The monoisotopic (exact) mass is 368 g/mol. The number of nitrogens with zero attached hydrogens (tertiary/aromatic N) is 2. The number of nitro groups is 1. The molecule has 2 aromatic carbocycles. The number of carbonyl (C=O) groups is 2. The lowest BCUT2D eigenvalue weighted by Crippen LogP contribution is -2.24. The zero-order valence-corrected chi connectivity index (χ0v) is 14.7. The van der Waals surface area contributed by atoms with E-state index in [0.717, 1.165) is 12.1 Å². The van der Waals surface area contributed by atoms with Crippen LogP contribution in [0.25, 0.3) is 0 Å². The first-order valence-corrected chi connectivity index (χ1v) is 8.72. The fourth-order valence-electron chi connectivity index (χ4n) is 2.99. The molecule has 0 radical (unpaired) electrons. The Morgan fingerprint density at radius 3 is 2.74 bits per heavy atom. The third-order valence-electron chi connectivity index (χ3n) is 4.28. The Labute approximate surface area is 156 Å². The zero-order valence-electron chi connectivity index (χ0n) is 14.7. The molecular formula is C19H20N4O4. The van der Waals surface area contributed by atoms with E-state index in [1.54, 1.807) is 41.3 Å². The molecule has 140 valence electrons. The average Bonchev–Trinajstić information content (AvgIpc) is 3.08. The Bertz CT molecular complexity index is 868. The van der Waals surface area contributed by atoms with Gasteiger partial charge in [-0.3, -0.25) is 19.7 Å². The van der Waals surface area contributed by atoms with E-state index in [9.17, 15) is 19.7 Å². The Hall–Kier alpha value is -3.42. The molecule has 1 saturated heterocycles. The number of amides is 2. The lowest BCUT2D eigenvalue weighted by molar-refractivity contribution is -0.384. The van der Waals surface area contributed by atoms with Crippen LogP contribution in [0, 0.1) is 10.1 Å². The maximum absolute atomic E-state index is 12.2. The summed E-state index contributed by atoms with van der Waals surface area (Å²) in [6.45, 7) is 0.955. The second-order valence-electron chi connectivity index (χ2n) is 6.20. The Kier molecular flexibility index (Phi) is 5.65. The summed E-state index contributed by atoms with van der Waals surface area (Å²) in [5, 5.41) is 16.7. The third kappa shape index (κ3) is 4.60. The number of hydrogen-bond acceptors (Lipinski definition) is 5. The molecule has 0 spiro atoms. The maximum Gasteiger partial charge on any atom is 0.292 e. The van der Waals surface area contributed by atoms with Gasteiger partial charge < -0.3 is 15.5 Å². The molecule has 0 aliphatic carbocycles. The summed E-state index contributed by atoms with van der Waals surface area (Å²) in [5.41, 5.74) is 1.74. The molecule has 0 atom stereocenters. The molecular weight excluding hydrogens is 348 g/mol. The van der Waals surface area contributed by atoms with Crippen LogP contribution >= 0.6 is 0 Å². The van der Waals surface area contributed by atoms with Crippen molar-refractivity contribution in [3.8, 4) is 0 Å². The first-order chi connectivity index (χ1) is 13.0. The first kappa shape index (κ1) is 18.4. The number of nitrogens with one attached hydrogen (secondary N) is 2. The van der Waals surface area contributed by atoms with Crippen LogP contribution in [0.4, 0.5) is 22.7 Å². The van der Waals surface area contributed by atoms with Crippen molar-refractivity contribution >= 4 is 34.6 Å². The highest BCUT2D eigenvalue weighted by Gasteiger charge is 2.21. The van der Waals surface area contributed by atoms with Crippen LogP contribution in [-0.4, -0.2) is 29.8 Å². The number of hydrogen-bond donors (Lipinski definition) is 2. The molecule has 2 aromatic rings. The van der Waals surface area contributed by atoms with E-state index in [4.69, 9.17) is 0 Å². The molecule has 0 unspecified atom stereocenters. The van der Waals surface area contributed by atoms with Crippen LogP contribution in [0.2, 0.25) is 0 Å². The first-order valence-electron chi connectivity index (χ1n) is 8.72. The molecule has 8 nitrogen and oxygen atoms in total. The van der Waals surface area contributed by atoms with Crippen molar-refractivity contribution in [1.29, 1.82) is 0 Å². The van der Waals surface area contributed by atoms with Crippen LogP contribution in [0.3, 0.4) is 0 Å². The summed E-state index contributed by atoms with van der Waals surface area (Å²) in [7, 11) is 0. The van der Waals surface area contributed by atoms with Crippen molar-refractivity contribution in [2.45, 2.75) is 19.3 Å². The van der Waals surface area contributed by atoms with Gasteiger partial charge in [0, 0.05) is 43.4 Å². The molecule has 2 amide bonds. The van der Waals surface area contributed by atoms with Gasteiger partial charge >= 0.3 is 0 Å².